The number of methoxy groups -OCH3 is 1. The molecule has 0 amide bonds. The highest BCUT2D eigenvalue weighted by molar-refractivity contribution is 5.90. The highest BCUT2D eigenvalue weighted by Gasteiger charge is 2.47. The molecular weight excluding hydrogens is 664 g/mol. The number of benzene rings is 2. The van der Waals surface area contributed by atoms with Crippen LogP contribution in [0.15, 0.2) is 72.0 Å². The second kappa shape index (κ2) is 17.6. The molecule has 0 radical (unpaired) electrons. The molecule has 270 valence electrons. The quantitative estimate of drug-likeness (QED) is 0.0488. The van der Waals surface area contributed by atoms with Crippen LogP contribution in [0.1, 0.15) is 17.5 Å². The van der Waals surface area contributed by atoms with Crippen LogP contribution in [0.5, 0.6) is 17.2 Å². The number of phenols is 3. The number of aromatic hydroxyl groups is 3. The normalized spacial score (nSPS) is 25.8. The van der Waals surface area contributed by atoms with Gasteiger partial charge in [-0.1, -0.05) is 24.3 Å². The first-order valence-corrected chi connectivity index (χ1v) is 15.3. The third-order valence-corrected chi connectivity index (χ3v) is 7.80. The minimum atomic E-state index is -1.85. The van der Waals surface area contributed by atoms with Crippen molar-refractivity contribution in [2.45, 2.75) is 49.8 Å². The van der Waals surface area contributed by atoms with E-state index in [-0.39, 0.29) is 41.4 Å². The van der Waals surface area contributed by atoms with Gasteiger partial charge in [-0.05, 0) is 41.5 Å². The molecule has 0 unspecified atom stereocenters. The number of hydrogen-bond donors (Lipinski definition) is 7. The predicted molar refractivity (Wildman–Crippen MR) is 169 cm³/mol. The van der Waals surface area contributed by atoms with E-state index in [2.05, 4.69) is 0 Å². The van der Waals surface area contributed by atoms with Gasteiger partial charge < -0.3 is 64.2 Å². The van der Waals surface area contributed by atoms with Crippen molar-refractivity contribution in [2.24, 2.45) is 5.92 Å². The monoisotopic (exact) mass is 702 g/mol. The first-order valence-electron chi connectivity index (χ1n) is 15.3. The fraction of sp³-hybridized carbons (Fsp3) is 0.382. The number of phenolic OH excluding ortho intramolecular Hbond substituents is 3. The van der Waals surface area contributed by atoms with E-state index >= 15 is 0 Å². The molecule has 2 aromatic carbocycles. The van der Waals surface area contributed by atoms with Crippen molar-refractivity contribution in [1.82, 2.24) is 0 Å². The van der Waals surface area contributed by atoms with Gasteiger partial charge in [0.15, 0.2) is 17.8 Å². The summed E-state index contributed by atoms with van der Waals surface area (Å²) >= 11 is 0. The number of rotatable bonds is 13. The maximum Gasteiger partial charge on any atom is 0.337 e. The fourth-order valence-corrected chi connectivity index (χ4v) is 5.11. The van der Waals surface area contributed by atoms with Crippen LogP contribution < -0.4 is 0 Å². The van der Waals surface area contributed by atoms with Crippen molar-refractivity contribution in [3.8, 4) is 17.2 Å². The standard InChI is InChI=1S/C34H38O16/c1-45-32(44)23-16-48-33(21(10-12-35)22(23)15-28(40)46-13-11-19-4-8-24(37)25(38)14-19)50-34-31(43)30(42)29(41)26(49-34)17-47-27(39)9-5-18-2-6-20(36)7-3-18/h2-10,14,16,22,26,29-31,33-38,41-43H,11-13,15,17H2,1H3/b9-5+,21-10+/t22-,26+,29+,30-,31+,33-,34-/m0/s1. The van der Waals surface area contributed by atoms with Crippen LogP contribution in [-0.2, 0) is 49.2 Å². The van der Waals surface area contributed by atoms with Gasteiger partial charge in [0, 0.05) is 24.0 Å². The Bertz CT molecular complexity index is 1580. The second-order valence-corrected chi connectivity index (χ2v) is 11.2. The van der Waals surface area contributed by atoms with Gasteiger partial charge in [0.2, 0.25) is 6.29 Å². The van der Waals surface area contributed by atoms with Gasteiger partial charge in [0.25, 0.3) is 0 Å². The Morgan fingerprint density at radius 3 is 2.34 bits per heavy atom. The third-order valence-electron chi connectivity index (χ3n) is 7.80. The fourth-order valence-electron chi connectivity index (χ4n) is 5.11. The molecule has 2 aliphatic heterocycles. The molecule has 1 fully saturated rings. The smallest absolute Gasteiger partial charge is 0.337 e. The van der Waals surface area contributed by atoms with E-state index < -0.39 is 80.5 Å². The van der Waals surface area contributed by atoms with Gasteiger partial charge in [0.1, 0.15) is 36.8 Å². The number of esters is 3. The van der Waals surface area contributed by atoms with Crippen molar-refractivity contribution in [2.75, 3.05) is 26.9 Å². The molecule has 7 N–H and O–H groups in total. The summed E-state index contributed by atoms with van der Waals surface area (Å²) < 4.78 is 32.3. The molecule has 50 heavy (non-hydrogen) atoms. The van der Waals surface area contributed by atoms with Gasteiger partial charge in [0.05, 0.1) is 38.6 Å². The summed E-state index contributed by atoms with van der Waals surface area (Å²) in [5.74, 6) is -4.18. The van der Waals surface area contributed by atoms with Crippen LogP contribution in [0.3, 0.4) is 0 Å². The molecule has 2 heterocycles. The summed E-state index contributed by atoms with van der Waals surface area (Å²) in [6.45, 7) is -1.29. The lowest BCUT2D eigenvalue weighted by Gasteiger charge is -2.42. The molecule has 16 heteroatoms. The zero-order valence-electron chi connectivity index (χ0n) is 26.7. The molecule has 2 aliphatic rings. The Kier molecular flexibility index (Phi) is 13.3. The summed E-state index contributed by atoms with van der Waals surface area (Å²) in [4.78, 5) is 37.8. The first kappa shape index (κ1) is 37.8. The van der Waals surface area contributed by atoms with Crippen LogP contribution in [0.2, 0.25) is 0 Å². The Morgan fingerprint density at radius 2 is 1.66 bits per heavy atom. The summed E-state index contributed by atoms with van der Waals surface area (Å²) in [5, 5.41) is 70.1. The number of aliphatic hydroxyl groups excluding tert-OH is 4. The molecule has 0 bridgehead atoms. The molecule has 0 saturated carbocycles. The van der Waals surface area contributed by atoms with E-state index in [1.807, 2.05) is 0 Å². The van der Waals surface area contributed by atoms with E-state index in [0.29, 0.717) is 11.1 Å². The van der Waals surface area contributed by atoms with E-state index in [0.717, 1.165) is 19.4 Å². The van der Waals surface area contributed by atoms with E-state index in [9.17, 15) is 50.1 Å². The molecule has 16 nitrogen and oxygen atoms in total. The molecule has 4 rings (SSSR count). The molecule has 0 spiro atoms. The van der Waals surface area contributed by atoms with E-state index in [1.165, 1.54) is 42.5 Å². The minimum Gasteiger partial charge on any atom is -0.508 e. The Balaban J connectivity index is 1.43. The van der Waals surface area contributed by atoms with Crippen molar-refractivity contribution in [1.29, 1.82) is 0 Å². The maximum atomic E-state index is 12.9. The van der Waals surface area contributed by atoms with Gasteiger partial charge in [-0.3, -0.25) is 4.79 Å². The SMILES string of the molecule is COC(=O)C1=CO[C@@H](O[C@@H]2O[C@H](COC(=O)/C=C/c3ccc(O)cc3)[C@@H](O)[C@H](O)[C@H]2O)/C(=C/CO)[C@@H]1CC(=O)OCCc1ccc(O)c(O)c1. The summed E-state index contributed by atoms with van der Waals surface area (Å²) in [7, 11) is 1.11. The average Bonchev–Trinajstić information content (AvgIpc) is 3.10. The van der Waals surface area contributed by atoms with Gasteiger partial charge >= 0.3 is 17.9 Å². The largest absolute Gasteiger partial charge is 0.508 e. The molecule has 0 aliphatic carbocycles. The van der Waals surface area contributed by atoms with Crippen molar-refractivity contribution in [3.05, 3.63) is 83.2 Å². The average molecular weight is 703 g/mol. The van der Waals surface area contributed by atoms with Crippen molar-refractivity contribution >= 4 is 24.0 Å². The molecule has 2 aromatic rings. The lowest BCUT2D eigenvalue weighted by atomic mass is 9.86. The zero-order chi connectivity index (χ0) is 36.4. The highest BCUT2D eigenvalue weighted by Crippen LogP contribution is 2.36. The van der Waals surface area contributed by atoms with Crippen molar-refractivity contribution in [3.63, 3.8) is 0 Å². The lowest BCUT2D eigenvalue weighted by molar-refractivity contribution is -0.328. The van der Waals surface area contributed by atoms with Gasteiger partial charge in [-0.15, -0.1) is 0 Å². The van der Waals surface area contributed by atoms with E-state index in [4.69, 9.17) is 28.4 Å². The number of ether oxygens (including phenoxy) is 6. The maximum absolute atomic E-state index is 12.9. The number of aliphatic hydroxyl groups is 4. The topological polar surface area (TPSA) is 248 Å². The zero-order valence-corrected chi connectivity index (χ0v) is 26.7. The molecule has 1 saturated heterocycles. The van der Waals surface area contributed by atoms with Gasteiger partial charge in [-0.2, -0.15) is 0 Å². The van der Waals surface area contributed by atoms with Crippen LogP contribution in [0, 0.1) is 5.92 Å². The second-order valence-electron chi connectivity index (χ2n) is 11.2. The first-order chi connectivity index (χ1) is 23.9. The predicted octanol–water partition coefficient (Wildman–Crippen LogP) is 0.308. The van der Waals surface area contributed by atoms with Crippen LogP contribution >= 0.6 is 0 Å². The lowest BCUT2D eigenvalue weighted by Crippen LogP contribution is -2.60. The van der Waals surface area contributed by atoms with Crippen LogP contribution in [0.25, 0.3) is 6.08 Å². The highest BCUT2D eigenvalue weighted by atomic mass is 16.8. The van der Waals surface area contributed by atoms with Crippen LogP contribution in [0.4, 0.5) is 0 Å². The molecule has 0 aromatic heterocycles. The Labute approximate surface area is 285 Å². The van der Waals surface area contributed by atoms with Crippen LogP contribution in [-0.4, -0.2) is 118 Å². The van der Waals surface area contributed by atoms with Crippen molar-refractivity contribution < 1.29 is 78.6 Å². The number of carbonyl (C=O) groups excluding carboxylic acids is 3. The third kappa shape index (κ3) is 9.81. The summed E-state index contributed by atoms with van der Waals surface area (Å²) in [5.41, 5.74) is 1.07. The molecular formula is C34H38O16. The Morgan fingerprint density at radius 1 is 0.920 bits per heavy atom. The van der Waals surface area contributed by atoms with E-state index in [1.54, 1.807) is 12.1 Å². The number of hydrogen-bond acceptors (Lipinski definition) is 16. The summed E-state index contributed by atoms with van der Waals surface area (Å²) in [6, 6.07) is 10.1. The number of carbonyl (C=O) groups is 3. The summed E-state index contributed by atoms with van der Waals surface area (Å²) in [6.07, 6.45) is -5.57. The molecule has 7 atom stereocenters. The van der Waals surface area contributed by atoms with Gasteiger partial charge in [-0.25, -0.2) is 9.59 Å². The Hall–Kier alpha value is -4.97. The minimum absolute atomic E-state index is 0.0366.